The molecule has 8 nitrogen and oxygen atoms in total. The largest absolute Gasteiger partial charge is 0.494 e. The Bertz CT molecular complexity index is 1050. The van der Waals surface area contributed by atoms with Crippen molar-refractivity contribution in [2.45, 2.75) is 26.4 Å². The summed E-state index contributed by atoms with van der Waals surface area (Å²) in [7, 11) is 0. The van der Waals surface area contributed by atoms with Crippen molar-refractivity contribution in [3.05, 3.63) is 30.4 Å². The predicted molar refractivity (Wildman–Crippen MR) is 112 cm³/mol. The number of hydrogen-bond acceptors (Lipinski definition) is 6. The minimum atomic E-state index is -0.728. The molecule has 30 heavy (non-hydrogen) atoms. The van der Waals surface area contributed by atoms with E-state index in [-0.39, 0.29) is 35.5 Å². The number of allylic oxidation sites excluding steroid dienone is 2. The number of imide groups is 1. The number of carbonyl (C=O) groups is 3. The minimum Gasteiger partial charge on any atom is -0.494 e. The SMILES string of the molecule is CCOc1ccc2sc(NC(=O)NC(C)N3C(=O)C4C5C=CC(C5)C4C3=O)nc2c1. The summed E-state index contributed by atoms with van der Waals surface area (Å²) in [4.78, 5) is 43.8. The Labute approximate surface area is 177 Å². The lowest BCUT2D eigenvalue weighted by Gasteiger charge is -2.25. The monoisotopic (exact) mass is 426 g/mol. The Balaban J connectivity index is 1.25. The summed E-state index contributed by atoms with van der Waals surface area (Å²) in [6.45, 7) is 4.13. The summed E-state index contributed by atoms with van der Waals surface area (Å²) in [5.74, 6) is 0.0991. The molecule has 2 bridgehead atoms. The molecule has 5 rings (SSSR count). The molecule has 5 unspecified atom stereocenters. The number of carbonyl (C=O) groups excluding carboxylic acids is 3. The van der Waals surface area contributed by atoms with Crippen molar-refractivity contribution in [1.82, 2.24) is 15.2 Å². The molecular formula is C21H22N4O4S. The molecule has 9 heteroatoms. The predicted octanol–water partition coefficient (Wildman–Crippen LogP) is 2.97. The molecule has 156 valence electrons. The van der Waals surface area contributed by atoms with E-state index in [1.807, 2.05) is 25.1 Å². The van der Waals surface area contributed by atoms with E-state index in [0.29, 0.717) is 11.7 Å². The average Bonchev–Trinajstić information content (AvgIpc) is 3.44. The summed E-state index contributed by atoms with van der Waals surface area (Å²) < 4.78 is 6.39. The van der Waals surface area contributed by atoms with Gasteiger partial charge in [-0.3, -0.25) is 19.8 Å². The Morgan fingerprint density at radius 1 is 1.27 bits per heavy atom. The first-order valence-corrected chi connectivity index (χ1v) is 10.9. The van der Waals surface area contributed by atoms with Gasteiger partial charge in [0.2, 0.25) is 11.8 Å². The van der Waals surface area contributed by atoms with Crippen LogP contribution in [0.1, 0.15) is 20.3 Å². The standard InChI is InChI=1S/C21H22N4O4S/c1-3-29-13-6-7-15-14(9-13)23-21(30-15)24-20(28)22-10(2)25-18(26)16-11-4-5-12(8-11)17(16)19(25)27/h4-7,9-12,16-17H,3,8H2,1-2H3,(H2,22,23,24,28). The van der Waals surface area contributed by atoms with Crippen molar-refractivity contribution >= 4 is 44.5 Å². The summed E-state index contributed by atoms with van der Waals surface area (Å²) in [5.41, 5.74) is 0.731. The molecule has 2 aromatic rings. The molecule has 0 radical (unpaired) electrons. The summed E-state index contributed by atoms with van der Waals surface area (Å²) in [5, 5.41) is 5.84. The first-order chi connectivity index (χ1) is 14.5. The fourth-order valence-electron chi connectivity index (χ4n) is 4.91. The van der Waals surface area contributed by atoms with E-state index in [1.54, 1.807) is 6.92 Å². The smallest absolute Gasteiger partial charge is 0.322 e. The van der Waals surface area contributed by atoms with Crippen molar-refractivity contribution < 1.29 is 19.1 Å². The molecule has 1 aromatic carbocycles. The number of nitrogens with zero attached hydrogens (tertiary/aromatic N) is 2. The van der Waals surface area contributed by atoms with E-state index in [1.165, 1.54) is 16.2 Å². The van der Waals surface area contributed by atoms with E-state index in [9.17, 15) is 14.4 Å². The molecule has 2 aliphatic carbocycles. The number of likely N-dealkylation sites (tertiary alicyclic amines) is 1. The van der Waals surface area contributed by atoms with Crippen LogP contribution in [0.25, 0.3) is 10.2 Å². The number of rotatable bonds is 5. The number of benzene rings is 1. The maximum Gasteiger partial charge on any atom is 0.322 e. The van der Waals surface area contributed by atoms with E-state index < -0.39 is 12.2 Å². The van der Waals surface area contributed by atoms with Gasteiger partial charge in [0.05, 0.1) is 28.7 Å². The third-order valence-corrected chi connectivity index (χ3v) is 7.07. The van der Waals surface area contributed by atoms with Gasteiger partial charge in [-0.2, -0.15) is 0 Å². The zero-order chi connectivity index (χ0) is 21.0. The highest BCUT2D eigenvalue weighted by Gasteiger charge is 2.60. The van der Waals surface area contributed by atoms with E-state index in [0.717, 1.165) is 22.4 Å². The molecular weight excluding hydrogens is 404 g/mol. The normalized spacial score (nSPS) is 27.6. The Morgan fingerprint density at radius 3 is 2.63 bits per heavy atom. The molecule has 2 fully saturated rings. The zero-order valence-electron chi connectivity index (χ0n) is 16.6. The number of fused-ring (bicyclic) bond motifs is 6. The number of amides is 4. The topological polar surface area (TPSA) is 101 Å². The van der Waals surface area contributed by atoms with E-state index in [2.05, 4.69) is 27.8 Å². The molecule has 2 heterocycles. The second-order valence-electron chi connectivity index (χ2n) is 7.90. The average molecular weight is 426 g/mol. The minimum absolute atomic E-state index is 0.145. The van der Waals surface area contributed by atoms with Gasteiger partial charge < -0.3 is 10.1 Å². The van der Waals surface area contributed by atoms with Gasteiger partial charge in [-0.15, -0.1) is 0 Å². The van der Waals surface area contributed by atoms with Gasteiger partial charge in [-0.05, 0) is 44.2 Å². The first kappa shape index (κ1) is 19.0. The number of aromatic nitrogens is 1. The maximum atomic E-state index is 12.8. The molecule has 5 atom stereocenters. The van der Waals surface area contributed by atoms with Crippen LogP contribution in [0.2, 0.25) is 0 Å². The summed E-state index contributed by atoms with van der Waals surface area (Å²) >= 11 is 1.34. The zero-order valence-corrected chi connectivity index (χ0v) is 17.4. The van der Waals surface area contributed by atoms with Gasteiger partial charge >= 0.3 is 6.03 Å². The highest BCUT2D eigenvalue weighted by atomic mass is 32.1. The van der Waals surface area contributed by atoms with Crippen LogP contribution in [-0.4, -0.2) is 40.5 Å². The highest BCUT2D eigenvalue weighted by Crippen LogP contribution is 2.52. The van der Waals surface area contributed by atoms with Crippen LogP contribution in [0.3, 0.4) is 0 Å². The number of nitrogens with one attached hydrogen (secondary N) is 2. The third-order valence-electron chi connectivity index (χ3n) is 6.12. The number of urea groups is 1. The van der Waals surface area contributed by atoms with Gasteiger partial charge in [-0.1, -0.05) is 23.5 Å². The van der Waals surface area contributed by atoms with Gasteiger partial charge in [-0.25, -0.2) is 9.78 Å². The molecule has 4 amide bonds. The molecule has 1 aromatic heterocycles. The fraction of sp³-hybridized carbons (Fsp3) is 0.429. The first-order valence-electron chi connectivity index (χ1n) is 10.1. The molecule has 1 aliphatic heterocycles. The maximum absolute atomic E-state index is 12.8. The van der Waals surface area contributed by atoms with Crippen LogP contribution in [-0.2, 0) is 9.59 Å². The van der Waals surface area contributed by atoms with Crippen molar-refractivity contribution in [3.8, 4) is 5.75 Å². The summed E-state index contributed by atoms with van der Waals surface area (Å²) in [6, 6.07) is 5.07. The van der Waals surface area contributed by atoms with Crippen molar-refractivity contribution in [3.63, 3.8) is 0 Å². The number of thiazole rings is 1. The molecule has 3 aliphatic rings. The van der Waals surface area contributed by atoms with Gasteiger partial charge in [0.25, 0.3) is 0 Å². The second kappa shape index (κ2) is 7.09. The lowest BCUT2D eigenvalue weighted by atomic mass is 9.85. The van der Waals surface area contributed by atoms with Crippen LogP contribution in [0.4, 0.5) is 9.93 Å². The highest BCUT2D eigenvalue weighted by molar-refractivity contribution is 7.22. The molecule has 1 saturated carbocycles. The van der Waals surface area contributed by atoms with Crippen molar-refractivity contribution in [2.75, 3.05) is 11.9 Å². The quantitative estimate of drug-likeness (QED) is 0.566. The van der Waals surface area contributed by atoms with Crippen LogP contribution in [0, 0.1) is 23.7 Å². The van der Waals surface area contributed by atoms with Gasteiger partial charge in [0.1, 0.15) is 11.9 Å². The van der Waals surface area contributed by atoms with Crippen LogP contribution in [0.15, 0.2) is 30.4 Å². The fourth-order valence-corrected chi connectivity index (χ4v) is 5.75. The van der Waals surface area contributed by atoms with Crippen LogP contribution >= 0.6 is 11.3 Å². The van der Waals surface area contributed by atoms with Crippen LogP contribution < -0.4 is 15.4 Å². The van der Waals surface area contributed by atoms with Gasteiger partial charge in [0, 0.05) is 6.07 Å². The van der Waals surface area contributed by atoms with Crippen LogP contribution in [0.5, 0.6) is 5.75 Å². The number of hydrogen-bond donors (Lipinski definition) is 2. The van der Waals surface area contributed by atoms with E-state index in [4.69, 9.17) is 4.74 Å². The number of anilines is 1. The Hall–Kier alpha value is -2.94. The lowest BCUT2D eigenvalue weighted by Crippen LogP contribution is -2.51. The molecule has 1 saturated heterocycles. The second-order valence-corrected chi connectivity index (χ2v) is 8.93. The number of ether oxygens (including phenoxy) is 1. The molecule has 2 N–H and O–H groups in total. The Morgan fingerprint density at radius 2 is 1.97 bits per heavy atom. The molecule has 0 spiro atoms. The lowest BCUT2D eigenvalue weighted by molar-refractivity contribution is -0.143. The third kappa shape index (κ3) is 2.96. The summed E-state index contributed by atoms with van der Waals surface area (Å²) in [6.07, 6.45) is 4.25. The van der Waals surface area contributed by atoms with Crippen molar-refractivity contribution in [1.29, 1.82) is 0 Å². The van der Waals surface area contributed by atoms with E-state index >= 15 is 0 Å². The Kier molecular flexibility index (Phi) is 4.50. The van der Waals surface area contributed by atoms with Crippen molar-refractivity contribution in [2.24, 2.45) is 23.7 Å². The van der Waals surface area contributed by atoms with Gasteiger partial charge in [0.15, 0.2) is 5.13 Å².